The van der Waals surface area contributed by atoms with Gasteiger partial charge in [0.2, 0.25) is 0 Å². The summed E-state index contributed by atoms with van der Waals surface area (Å²) < 4.78 is 10.4. The molecule has 0 atom stereocenters. The molecule has 0 saturated heterocycles. The molecule has 2 aromatic carbocycles. The molecule has 0 saturated carbocycles. The number of halogens is 1. The van der Waals surface area contributed by atoms with Crippen LogP contribution in [-0.2, 0) is 9.59 Å². The number of nitrogens with one attached hydrogen (secondary N) is 1. The van der Waals surface area contributed by atoms with E-state index in [4.69, 9.17) is 26.2 Å². The van der Waals surface area contributed by atoms with Crippen molar-refractivity contribution in [3.8, 4) is 17.6 Å². The number of aliphatic carboxylic acids is 1. The zero-order valence-electron chi connectivity index (χ0n) is 15.2. The van der Waals surface area contributed by atoms with Gasteiger partial charge in [0.25, 0.3) is 5.91 Å². The van der Waals surface area contributed by atoms with E-state index < -0.39 is 18.5 Å². The van der Waals surface area contributed by atoms with Gasteiger partial charge >= 0.3 is 5.97 Å². The summed E-state index contributed by atoms with van der Waals surface area (Å²) in [6.07, 6.45) is 1.32. The average Bonchev–Trinajstić information content (AvgIpc) is 2.67. The lowest BCUT2D eigenvalue weighted by atomic mass is 10.1. The van der Waals surface area contributed by atoms with Crippen molar-refractivity contribution in [2.24, 2.45) is 0 Å². The van der Waals surface area contributed by atoms with Gasteiger partial charge in [0.1, 0.15) is 23.1 Å². The van der Waals surface area contributed by atoms with Crippen LogP contribution < -0.4 is 14.8 Å². The van der Waals surface area contributed by atoms with E-state index in [0.29, 0.717) is 22.0 Å². The van der Waals surface area contributed by atoms with Crippen molar-refractivity contribution in [2.75, 3.05) is 19.0 Å². The van der Waals surface area contributed by atoms with Crippen LogP contribution in [0, 0.1) is 18.3 Å². The minimum atomic E-state index is -1.14. The number of benzene rings is 2. The molecule has 2 rings (SSSR count). The maximum Gasteiger partial charge on any atom is 0.341 e. The van der Waals surface area contributed by atoms with E-state index in [-0.39, 0.29) is 11.3 Å². The number of methoxy groups -OCH3 is 1. The first-order valence-corrected chi connectivity index (χ1v) is 8.44. The molecule has 0 spiro atoms. The molecule has 0 aliphatic carbocycles. The molecule has 28 heavy (non-hydrogen) atoms. The molecule has 8 heteroatoms. The number of amides is 1. The highest BCUT2D eigenvalue weighted by atomic mass is 35.5. The number of carbonyl (C=O) groups excluding carboxylic acids is 1. The number of carboxylic acid groups (broad SMARTS) is 1. The van der Waals surface area contributed by atoms with Crippen molar-refractivity contribution in [3.63, 3.8) is 0 Å². The van der Waals surface area contributed by atoms with Crippen molar-refractivity contribution in [1.82, 2.24) is 0 Å². The van der Waals surface area contributed by atoms with E-state index in [2.05, 4.69) is 5.32 Å². The van der Waals surface area contributed by atoms with Crippen molar-refractivity contribution in [2.45, 2.75) is 6.92 Å². The largest absolute Gasteiger partial charge is 0.495 e. The van der Waals surface area contributed by atoms with Gasteiger partial charge in [-0.05, 0) is 30.7 Å². The van der Waals surface area contributed by atoms with Gasteiger partial charge in [0, 0.05) is 16.7 Å². The third kappa shape index (κ3) is 5.25. The van der Waals surface area contributed by atoms with Gasteiger partial charge in [-0.1, -0.05) is 29.8 Å². The summed E-state index contributed by atoms with van der Waals surface area (Å²) in [4.78, 5) is 23.3. The molecule has 144 valence electrons. The number of carboxylic acids is 1. The number of nitrogens with zero attached hydrogens (tertiary/aromatic N) is 1. The Bertz CT molecular complexity index is 979. The Labute approximate surface area is 166 Å². The van der Waals surface area contributed by atoms with Crippen LogP contribution >= 0.6 is 11.6 Å². The standard InChI is InChI=1S/C20H17ClN2O5/c1-12-7-16(18(27-2)9-15(12)21)23-20(26)14(10-22)8-13-5-3-4-6-17(13)28-11-19(24)25/h3-9H,11H2,1-2H3,(H,23,26)(H,24,25)/b14-8+. The van der Waals surface area contributed by atoms with Crippen LogP contribution in [0.3, 0.4) is 0 Å². The van der Waals surface area contributed by atoms with Crippen molar-refractivity contribution < 1.29 is 24.2 Å². The number of aryl methyl sites for hydroxylation is 1. The van der Waals surface area contributed by atoms with Gasteiger partial charge < -0.3 is 19.9 Å². The monoisotopic (exact) mass is 400 g/mol. The zero-order valence-corrected chi connectivity index (χ0v) is 15.9. The number of hydrogen-bond acceptors (Lipinski definition) is 5. The second-order valence-electron chi connectivity index (χ2n) is 5.65. The third-order valence-electron chi connectivity index (χ3n) is 3.66. The number of para-hydroxylation sites is 1. The zero-order chi connectivity index (χ0) is 20.7. The van der Waals surface area contributed by atoms with Crippen LogP contribution in [0.5, 0.6) is 11.5 Å². The third-order valence-corrected chi connectivity index (χ3v) is 4.07. The van der Waals surface area contributed by atoms with E-state index in [0.717, 1.165) is 5.56 Å². The normalized spacial score (nSPS) is 10.7. The van der Waals surface area contributed by atoms with E-state index in [1.807, 2.05) is 6.07 Å². The molecule has 0 aliphatic heterocycles. The Hall–Kier alpha value is -3.50. The molecule has 2 N–H and O–H groups in total. The number of anilines is 1. The summed E-state index contributed by atoms with van der Waals surface area (Å²) in [5.74, 6) is -1.20. The molecule has 0 fully saturated rings. The first-order valence-electron chi connectivity index (χ1n) is 8.06. The predicted molar refractivity (Wildman–Crippen MR) is 105 cm³/mol. The van der Waals surface area contributed by atoms with Gasteiger partial charge in [-0.2, -0.15) is 5.26 Å². The fourth-order valence-corrected chi connectivity index (χ4v) is 2.45. The number of carbonyl (C=O) groups is 2. The summed E-state index contributed by atoms with van der Waals surface area (Å²) in [6, 6.07) is 11.5. The summed E-state index contributed by atoms with van der Waals surface area (Å²) >= 11 is 6.06. The van der Waals surface area contributed by atoms with Crippen LogP contribution in [0.2, 0.25) is 5.02 Å². The number of ether oxygens (including phenoxy) is 2. The fourth-order valence-electron chi connectivity index (χ4n) is 2.29. The van der Waals surface area contributed by atoms with Crippen LogP contribution in [-0.4, -0.2) is 30.7 Å². The molecule has 0 bridgehead atoms. The highest BCUT2D eigenvalue weighted by Gasteiger charge is 2.15. The summed E-state index contributed by atoms with van der Waals surface area (Å²) in [7, 11) is 1.44. The lowest BCUT2D eigenvalue weighted by Gasteiger charge is -2.12. The molecular weight excluding hydrogens is 384 g/mol. The fraction of sp³-hybridized carbons (Fsp3) is 0.150. The van der Waals surface area contributed by atoms with Gasteiger partial charge in [0.15, 0.2) is 6.61 Å². The first kappa shape index (κ1) is 20.8. The molecule has 0 aromatic heterocycles. The van der Waals surface area contributed by atoms with E-state index >= 15 is 0 Å². The van der Waals surface area contributed by atoms with Crippen LogP contribution in [0.4, 0.5) is 5.69 Å². The maximum atomic E-state index is 12.6. The summed E-state index contributed by atoms with van der Waals surface area (Å²) in [5.41, 5.74) is 1.30. The quantitative estimate of drug-likeness (QED) is 0.542. The lowest BCUT2D eigenvalue weighted by Crippen LogP contribution is -2.14. The van der Waals surface area contributed by atoms with Crippen molar-refractivity contribution in [1.29, 1.82) is 5.26 Å². The van der Waals surface area contributed by atoms with Crippen LogP contribution in [0.25, 0.3) is 6.08 Å². The topological polar surface area (TPSA) is 109 Å². The highest BCUT2D eigenvalue weighted by molar-refractivity contribution is 6.31. The molecule has 0 heterocycles. The molecular formula is C20H17ClN2O5. The maximum absolute atomic E-state index is 12.6. The van der Waals surface area contributed by atoms with Crippen LogP contribution in [0.15, 0.2) is 42.0 Å². The van der Waals surface area contributed by atoms with Crippen molar-refractivity contribution in [3.05, 3.63) is 58.1 Å². The Balaban J connectivity index is 2.31. The second-order valence-corrected chi connectivity index (χ2v) is 6.05. The SMILES string of the molecule is COc1cc(Cl)c(C)cc1NC(=O)/C(C#N)=C/c1ccccc1OCC(=O)O. The molecule has 2 aromatic rings. The van der Waals surface area contributed by atoms with E-state index in [9.17, 15) is 14.9 Å². The highest BCUT2D eigenvalue weighted by Crippen LogP contribution is 2.31. The minimum Gasteiger partial charge on any atom is -0.495 e. The lowest BCUT2D eigenvalue weighted by molar-refractivity contribution is -0.139. The second kappa shape index (κ2) is 9.44. The van der Waals surface area contributed by atoms with Gasteiger partial charge in [-0.15, -0.1) is 0 Å². The Kier molecular flexibility index (Phi) is 7.02. The smallest absolute Gasteiger partial charge is 0.341 e. The summed E-state index contributed by atoms with van der Waals surface area (Å²) in [6.45, 7) is 1.23. The first-order chi connectivity index (χ1) is 13.3. The number of nitriles is 1. The molecule has 0 radical (unpaired) electrons. The Morgan fingerprint density at radius 1 is 1.29 bits per heavy atom. The number of hydrogen-bond donors (Lipinski definition) is 2. The molecule has 1 amide bonds. The van der Waals surface area contributed by atoms with E-state index in [1.54, 1.807) is 43.3 Å². The predicted octanol–water partition coefficient (Wildman–Crippen LogP) is 3.67. The molecule has 0 unspecified atom stereocenters. The number of rotatable bonds is 7. The van der Waals surface area contributed by atoms with Crippen LogP contribution in [0.1, 0.15) is 11.1 Å². The van der Waals surface area contributed by atoms with E-state index in [1.165, 1.54) is 13.2 Å². The Morgan fingerprint density at radius 3 is 2.64 bits per heavy atom. The van der Waals surface area contributed by atoms with Crippen molar-refractivity contribution >= 4 is 35.2 Å². The van der Waals surface area contributed by atoms with Gasteiger partial charge in [-0.3, -0.25) is 4.79 Å². The molecule has 0 aliphatic rings. The van der Waals surface area contributed by atoms with Gasteiger partial charge in [-0.25, -0.2) is 4.79 Å². The molecule has 7 nitrogen and oxygen atoms in total. The average molecular weight is 401 g/mol. The Morgan fingerprint density at radius 2 is 2.00 bits per heavy atom. The minimum absolute atomic E-state index is 0.193. The summed E-state index contributed by atoms with van der Waals surface area (Å²) in [5, 5.41) is 21.3. The van der Waals surface area contributed by atoms with Gasteiger partial charge in [0.05, 0.1) is 12.8 Å².